The van der Waals surface area contributed by atoms with E-state index in [9.17, 15) is 9.59 Å². The molecule has 3 atom stereocenters. The molecule has 1 aromatic heterocycles. The number of methoxy groups -OCH3 is 2. The van der Waals surface area contributed by atoms with Crippen LogP contribution in [0, 0.1) is 11.8 Å². The fourth-order valence-corrected chi connectivity index (χ4v) is 6.97. The van der Waals surface area contributed by atoms with Crippen LogP contribution in [0.15, 0.2) is 12.1 Å². The quantitative estimate of drug-likeness (QED) is 0.508. The third-order valence-corrected chi connectivity index (χ3v) is 9.08. The average Bonchev–Trinajstić information content (AvgIpc) is 3.26. The average molecular weight is 496 g/mol. The van der Waals surface area contributed by atoms with Crippen LogP contribution >= 0.6 is 0 Å². The van der Waals surface area contributed by atoms with Crippen LogP contribution in [0.1, 0.15) is 89.1 Å². The van der Waals surface area contributed by atoms with E-state index in [-0.39, 0.29) is 18.1 Å². The van der Waals surface area contributed by atoms with E-state index in [1.54, 1.807) is 11.8 Å². The molecule has 2 aromatic rings. The summed E-state index contributed by atoms with van der Waals surface area (Å²) in [5.74, 6) is 2.20. The molecule has 7 heteroatoms. The van der Waals surface area contributed by atoms with Crippen molar-refractivity contribution >= 4 is 28.6 Å². The number of rotatable bonds is 5. The minimum absolute atomic E-state index is 0.0922. The summed E-state index contributed by atoms with van der Waals surface area (Å²) in [4.78, 5) is 32.1. The Morgan fingerprint density at radius 2 is 1.83 bits per heavy atom. The molecule has 1 amide bonds. The lowest BCUT2D eigenvalue weighted by Gasteiger charge is -2.34. The minimum atomic E-state index is -0.311. The van der Waals surface area contributed by atoms with Crippen molar-refractivity contribution in [3.8, 4) is 0 Å². The number of carbonyl (C=O) groups excluding carboxylic acids is 2. The second-order valence-electron chi connectivity index (χ2n) is 11.3. The summed E-state index contributed by atoms with van der Waals surface area (Å²) < 4.78 is 13.2. The fourth-order valence-electron chi connectivity index (χ4n) is 6.97. The van der Waals surface area contributed by atoms with Crippen molar-refractivity contribution in [1.29, 1.82) is 0 Å². The van der Waals surface area contributed by atoms with Crippen molar-refractivity contribution in [1.82, 2.24) is 9.55 Å². The maximum Gasteiger partial charge on any atom is 0.414 e. The fraction of sp³-hybridized carbons (Fsp3) is 0.690. The van der Waals surface area contributed by atoms with Crippen molar-refractivity contribution in [3.63, 3.8) is 0 Å². The van der Waals surface area contributed by atoms with Gasteiger partial charge in [-0.25, -0.2) is 9.78 Å². The summed E-state index contributed by atoms with van der Waals surface area (Å²) in [7, 11) is 3.27. The van der Waals surface area contributed by atoms with Crippen LogP contribution in [0.4, 0.5) is 10.5 Å². The van der Waals surface area contributed by atoms with E-state index in [1.807, 2.05) is 7.11 Å². The Morgan fingerprint density at radius 3 is 2.53 bits per heavy atom. The molecular formula is C29H41N3O4. The van der Waals surface area contributed by atoms with Gasteiger partial charge in [-0.1, -0.05) is 6.42 Å². The van der Waals surface area contributed by atoms with E-state index in [2.05, 4.69) is 23.6 Å². The second-order valence-corrected chi connectivity index (χ2v) is 11.3. The maximum atomic E-state index is 12.6. The van der Waals surface area contributed by atoms with Crippen molar-refractivity contribution in [2.45, 2.75) is 103 Å². The number of ketones is 1. The summed E-state index contributed by atoms with van der Waals surface area (Å²) >= 11 is 0. The van der Waals surface area contributed by atoms with Crippen molar-refractivity contribution < 1.29 is 19.1 Å². The Morgan fingerprint density at radius 1 is 1.06 bits per heavy atom. The number of amides is 1. The number of hydrogen-bond acceptors (Lipinski definition) is 5. The van der Waals surface area contributed by atoms with E-state index in [4.69, 9.17) is 14.5 Å². The molecule has 0 bridgehead atoms. The number of aromatic nitrogens is 2. The number of imidazole rings is 1. The zero-order chi connectivity index (χ0) is 25.4. The Hall–Kier alpha value is -2.41. The molecule has 2 aliphatic carbocycles. The van der Waals surface area contributed by atoms with Crippen molar-refractivity contribution in [2.75, 3.05) is 19.1 Å². The van der Waals surface area contributed by atoms with Crippen LogP contribution in [0.2, 0.25) is 0 Å². The first-order chi connectivity index (χ1) is 17.4. The molecule has 2 saturated carbocycles. The van der Waals surface area contributed by atoms with Crippen LogP contribution in [-0.4, -0.2) is 47.8 Å². The summed E-state index contributed by atoms with van der Waals surface area (Å²) in [5, 5.41) is 0. The summed E-state index contributed by atoms with van der Waals surface area (Å²) in [6.07, 6.45) is 11.4. The predicted octanol–water partition coefficient (Wildman–Crippen LogP) is 6.01. The first-order valence-corrected chi connectivity index (χ1v) is 13.8. The van der Waals surface area contributed by atoms with Crippen LogP contribution in [-0.2, 0) is 27.1 Å². The number of benzene rings is 1. The highest BCUT2D eigenvalue weighted by molar-refractivity contribution is 5.95. The van der Waals surface area contributed by atoms with Crippen molar-refractivity contribution in [2.24, 2.45) is 11.8 Å². The number of ether oxygens (including phenoxy) is 2. The van der Waals surface area contributed by atoms with Gasteiger partial charge in [-0.15, -0.1) is 0 Å². The largest absolute Gasteiger partial charge is 0.452 e. The Bertz CT molecular complexity index is 1120. The number of nitrogens with zero attached hydrogens (tertiary/aromatic N) is 3. The van der Waals surface area contributed by atoms with Gasteiger partial charge in [0, 0.05) is 37.1 Å². The van der Waals surface area contributed by atoms with E-state index in [0.29, 0.717) is 23.8 Å². The number of aryl methyl sites for hydroxylation is 1. The Balaban J connectivity index is 1.56. The zero-order valence-corrected chi connectivity index (χ0v) is 22.3. The zero-order valence-electron chi connectivity index (χ0n) is 22.3. The van der Waals surface area contributed by atoms with Crippen LogP contribution < -0.4 is 4.90 Å². The smallest absolute Gasteiger partial charge is 0.414 e. The highest BCUT2D eigenvalue weighted by atomic mass is 16.5. The minimum Gasteiger partial charge on any atom is -0.452 e. The molecule has 2 heterocycles. The summed E-state index contributed by atoms with van der Waals surface area (Å²) in [6, 6.07) is 4.62. The topological polar surface area (TPSA) is 73.7 Å². The van der Waals surface area contributed by atoms with Crippen molar-refractivity contribution in [3.05, 3.63) is 23.5 Å². The highest BCUT2D eigenvalue weighted by Gasteiger charge is 2.34. The lowest BCUT2D eigenvalue weighted by molar-refractivity contribution is -0.122. The van der Waals surface area contributed by atoms with Crippen LogP contribution in [0.3, 0.4) is 0 Å². The van der Waals surface area contributed by atoms with Crippen LogP contribution in [0.5, 0.6) is 0 Å². The molecule has 0 saturated heterocycles. The molecular weight excluding hydrogens is 454 g/mol. The highest BCUT2D eigenvalue weighted by Crippen LogP contribution is 2.41. The molecule has 1 aliphatic heterocycles. The van der Waals surface area contributed by atoms with E-state index in [1.165, 1.54) is 7.11 Å². The van der Waals surface area contributed by atoms with Gasteiger partial charge in [0.15, 0.2) is 0 Å². The second kappa shape index (κ2) is 10.5. The molecule has 0 N–H and O–H groups in total. The van der Waals surface area contributed by atoms with Gasteiger partial charge < -0.3 is 14.0 Å². The Kier molecular flexibility index (Phi) is 7.38. The van der Waals surface area contributed by atoms with Gasteiger partial charge in [0.05, 0.1) is 29.9 Å². The lowest BCUT2D eigenvalue weighted by Crippen LogP contribution is -2.42. The first kappa shape index (κ1) is 25.2. The van der Waals surface area contributed by atoms with Gasteiger partial charge in [0.2, 0.25) is 0 Å². The molecule has 1 aromatic carbocycles. The van der Waals surface area contributed by atoms with Gasteiger partial charge in [0.25, 0.3) is 0 Å². The molecule has 0 unspecified atom stereocenters. The molecule has 36 heavy (non-hydrogen) atoms. The molecule has 5 rings (SSSR count). The van der Waals surface area contributed by atoms with Gasteiger partial charge in [-0.05, 0) is 89.7 Å². The first-order valence-electron chi connectivity index (χ1n) is 13.8. The number of anilines is 1. The maximum absolute atomic E-state index is 12.6. The van der Waals surface area contributed by atoms with Gasteiger partial charge in [-0.3, -0.25) is 9.69 Å². The third-order valence-electron chi connectivity index (χ3n) is 9.08. The van der Waals surface area contributed by atoms with Gasteiger partial charge in [0.1, 0.15) is 11.6 Å². The standard InChI is InChI=1S/C29H41N3O4/c1-18-8-13-24-25(31(18)29(34)36-4)14-15-26-28(24)30-27(16-20-9-11-23(35-3)12-10-20)32(26)22-7-5-6-21(17-22)19(2)33/h14-15,18,20-23H,5-13,16-17H2,1-4H3/t18-,20?,21+,22+,23?/m0/s1. The summed E-state index contributed by atoms with van der Waals surface area (Å²) in [5.41, 5.74) is 4.26. The molecule has 196 valence electrons. The number of Topliss-reactive ketones (excluding diaryl/α,β-unsaturated/α-hetero) is 1. The van der Waals surface area contributed by atoms with Crippen LogP contribution in [0.25, 0.3) is 11.0 Å². The van der Waals surface area contributed by atoms with Gasteiger partial charge in [-0.2, -0.15) is 0 Å². The summed E-state index contributed by atoms with van der Waals surface area (Å²) in [6.45, 7) is 3.82. The Labute approximate surface area is 214 Å². The monoisotopic (exact) mass is 495 g/mol. The molecule has 2 fully saturated rings. The number of hydrogen-bond donors (Lipinski definition) is 0. The van der Waals surface area contributed by atoms with E-state index < -0.39 is 0 Å². The molecule has 7 nitrogen and oxygen atoms in total. The number of fused-ring (bicyclic) bond motifs is 3. The lowest BCUT2D eigenvalue weighted by atomic mass is 9.82. The SMILES string of the molecule is COC(=O)N1c2ccc3c(nc(CC4CCC(OC)CC4)n3[C@@H]3CCC[C@@H](C(C)=O)C3)c2CC[C@@H]1C. The predicted molar refractivity (Wildman–Crippen MR) is 141 cm³/mol. The third kappa shape index (κ3) is 4.67. The number of carbonyl (C=O) groups is 2. The normalized spacial score (nSPS) is 28.7. The molecule has 0 radical (unpaired) electrons. The molecule has 3 aliphatic rings. The van der Waals surface area contributed by atoms with E-state index in [0.717, 1.165) is 98.7 Å². The molecule has 0 spiro atoms. The van der Waals surface area contributed by atoms with E-state index >= 15 is 0 Å². The van der Waals surface area contributed by atoms with Gasteiger partial charge >= 0.3 is 6.09 Å².